The predicted molar refractivity (Wildman–Crippen MR) is 66.1 cm³/mol. The Morgan fingerprint density at radius 1 is 1.26 bits per heavy atom. The number of hydrogen-bond donors (Lipinski definition) is 3. The van der Waals surface area contributed by atoms with Crippen LogP contribution >= 0.6 is 0 Å². The van der Waals surface area contributed by atoms with Gasteiger partial charge >= 0.3 is 0 Å². The second kappa shape index (κ2) is 4.85. The highest BCUT2D eigenvalue weighted by Crippen LogP contribution is 2.45. The summed E-state index contributed by atoms with van der Waals surface area (Å²) in [5.41, 5.74) is 1.72. The van der Waals surface area contributed by atoms with E-state index >= 15 is 0 Å². The van der Waals surface area contributed by atoms with Gasteiger partial charge in [-0.3, -0.25) is 0 Å². The number of rotatable bonds is 2. The Hall–Kier alpha value is -0.980. The third-order valence-electron chi connectivity index (χ3n) is 3.89. The summed E-state index contributed by atoms with van der Waals surface area (Å²) in [7, 11) is 0. The Morgan fingerprint density at radius 2 is 2.05 bits per heavy atom. The van der Waals surface area contributed by atoms with Gasteiger partial charge in [-0.2, -0.15) is 0 Å². The minimum Gasteiger partial charge on any atom is -0.396 e. The zero-order chi connectivity index (χ0) is 13.5. The van der Waals surface area contributed by atoms with Gasteiger partial charge in [0.2, 0.25) is 5.79 Å². The zero-order valence-electron chi connectivity index (χ0n) is 10.5. The van der Waals surface area contributed by atoms with Gasteiger partial charge in [0.1, 0.15) is 6.10 Å². The number of ether oxygens (including phenoxy) is 2. The van der Waals surface area contributed by atoms with Gasteiger partial charge in [0.05, 0.1) is 18.8 Å². The Kier molecular flexibility index (Phi) is 3.32. The highest BCUT2D eigenvalue weighted by atomic mass is 16.7. The molecule has 3 N–H and O–H groups in total. The molecule has 0 aliphatic carbocycles. The van der Waals surface area contributed by atoms with Crippen LogP contribution in [0.2, 0.25) is 0 Å². The fraction of sp³-hybridized carbons (Fsp3) is 0.571. The molecule has 1 saturated heterocycles. The topological polar surface area (TPSA) is 79.2 Å². The highest BCUT2D eigenvalue weighted by Gasteiger charge is 2.54. The predicted octanol–water partition coefficient (Wildman–Crippen LogP) is 0.263. The molecule has 2 aliphatic heterocycles. The van der Waals surface area contributed by atoms with Crippen molar-refractivity contribution in [2.24, 2.45) is 0 Å². The fourth-order valence-corrected chi connectivity index (χ4v) is 2.93. The summed E-state index contributed by atoms with van der Waals surface area (Å²) in [5, 5.41) is 29.4. The van der Waals surface area contributed by atoms with Gasteiger partial charge < -0.3 is 24.8 Å². The van der Waals surface area contributed by atoms with Crippen LogP contribution < -0.4 is 0 Å². The van der Waals surface area contributed by atoms with Crippen LogP contribution in [0.15, 0.2) is 24.3 Å². The van der Waals surface area contributed by atoms with E-state index in [2.05, 4.69) is 0 Å². The first kappa shape index (κ1) is 13.0. The van der Waals surface area contributed by atoms with E-state index in [0.29, 0.717) is 19.4 Å². The molecule has 1 aromatic rings. The molecule has 0 bridgehead atoms. The average molecular weight is 266 g/mol. The summed E-state index contributed by atoms with van der Waals surface area (Å²) >= 11 is 0. The van der Waals surface area contributed by atoms with Gasteiger partial charge in [-0.15, -0.1) is 0 Å². The molecule has 0 radical (unpaired) electrons. The van der Waals surface area contributed by atoms with Gasteiger partial charge in [0.25, 0.3) is 0 Å². The minimum atomic E-state index is -1.30. The van der Waals surface area contributed by atoms with Crippen LogP contribution in [0.25, 0.3) is 0 Å². The smallest absolute Gasteiger partial charge is 0.225 e. The molecule has 5 heteroatoms. The first-order chi connectivity index (χ1) is 9.17. The van der Waals surface area contributed by atoms with E-state index in [0.717, 1.165) is 11.1 Å². The maximum Gasteiger partial charge on any atom is 0.225 e. The van der Waals surface area contributed by atoms with E-state index in [1.54, 1.807) is 0 Å². The molecule has 0 saturated carbocycles. The van der Waals surface area contributed by atoms with Crippen molar-refractivity contribution in [1.82, 2.24) is 0 Å². The molecule has 104 valence electrons. The average Bonchev–Trinajstić information content (AvgIpc) is 2.77. The lowest BCUT2D eigenvalue weighted by Gasteiger charge is -2.44. The molecule has 2 heterocycles. The first-order valence-corrected chi connectivity index (χ1v) is 6.54. The van der Waals surface area contributed by atoms with Crippen LogP contribution in [0.4, 0.5) is 0 Å². The lowest BCUT2D eigenvalue weighted by molar-refractivity contribution is -0.345. The highest BCUT2D eigenvalue weighted by molar-refractivity contribution is 5.35. The number of benzene rings is 1. The van der Waals surface area contributed by atoms with Gasteiger partial charge in [-0.1, -0.05) is 24.3 Å². The molecule has 2 aliphatic rings. The maximum absolute atomic E-state index is 10.3. The largest absolute Gasteiger partial charge is 0.396 e. The third-order valence-corrected chi connectivity index (χ3v) is 3.89. The van der Waals surface area contributed by atoms with E-state index in [9.17, 15) is 10.2 Å². The number of fused-ring (bicyclic) bond motifs is 2. The van der Waals surface area contributed by atoms with Crippen molar-refractivity contribution < 1.29 is 24.8 Å². The molecule has 1 aromatic carbocycles. The summed E-state index contributed by atoms with van der Waals surface area (Å²) in [6, 6.07) is 7.52. The number of aliphatic hydroxyl groups is 3. The fourth-order valence-electron chi connectivity index (χ4n) is 2.93. The monoisotopic (exact) mass is 266 g/mol. The van der Waals surface area contributed by atoms with Crippen molar-refractivity contribution in [3.8, 4) is 0 Å². The lowest BCUT2D eigenvalue weighted by atomic mass is 9.88. The van der Waals surface area contributed by atoms with Crippen molar-refractivity contribution >= 4 is 0 Å². The minimum absolute atomic E-state index is 0.0226. The van der Waals surface area contributed by atoms with E-state index in [-0.39, 0.29) is 12.7 Å². The summed E-state index contributed by atoms with van der Waals surface area (Å²) in [6.45, 7) is 0.330. The Balaban J connectivity index is 1.97. The van der Waals surface area contributed by atoms with Crippen molar-refractivity contribution in [1.29, 1.82) is 0 Å². The number of aliphatic hydroxyl groups excluding tert-OH is 3. The summed E-state index contributed by atoms with van der Waals surface area (Å²) < 4.78 is 11.6. The molecule has 1 fully saturated rings. The second-order valence-electron chi connectivity index (χ2n) is 5.11. The van der Waals surface area contributed by atoms with Crippen molar-refractivity contribution in [2.45, 2.75) is 43.5 Å². The quantitative estimate of drug-likeness (QED) is 0.715. The van der Waals surface area contributed by atoms with E-state index in [1.165, 1.54) is 0 Å². The SMILES string of the molecule is OCC[C@@H]1C[C@@H](O)[C@H](O)[C@]2(OCc3ccccc32)O1. The Morgan fingerprint density at radius 3 is 2.84 bits per heavy atom. The number of hydrogen-bond acceptors (Lipinski definition) is 5. The molecule has 0 amide bonds. The molecule has 3 rings (SSSR count). The maximum atomic E-state index is 10.3. The van der Waals surface area contributed by atoms with Gasteiger partial charge in [-0.25, -0.2) is 0 Å². The van der Waals surface area contributed by atoms with Crippen LogP contribution in [0.1, 0.15) is 24.0 Å². The molecule has 1 spiro atoms. The normalized spacial score (nSPS) is 37.5. The molecule has 0 unspecified atom stereocenters. The van der Waals surface area contributed by atoms with E-state index in [1.807, 2.05) is 24.3 Å². The summed E-state index contributed by atoms with van der Waals surface area (Å²) in [4.78, 5) is 0. The molecular formula is C14H18O5. The van der Waals surface area contributed by atoms with Crippen molar-refractivity contribution in [3.05, 3.63) is 35.4 Å². The van der Waals surface area contributed by atoms with Gasteiger partial charge in [0.15, 0.2) is 0 Å². The Bertz CT molecular complexity index is 463. The van der Waals surface area contributed by atoms with Crippen molar-refractivity contribution in [2.75, 3.05) is 6.61 Å². The van der Waals surface area contributed by atoms with Crippen LogP contribution in [-0.4, -0.2) is 40.2 Å². The van der Waals surface area contributed by atoms with Crippen LogP contribution in [0.3, 0.4) is 0 Å². The first-order valence-electron chi connectivity index (χ1n) is 6.54. The van der Waals surface area contributed by atoms with Crippen LogP contribution in [0, 0.1) is 0 Å². The molecule has 4 atom stereocenters. The van der Waals surface area contributed by atoms with Gasteiger partial charge in [-0.05, 0) is 12.0 Å². The second-order valence-corrected chi connectivity index (χ2v) is 5.11. The molecule has 19 heavy (non-hydrogen) atoms. The van der Waals surface area contributed by atoms with Crippen LogP contribution in [-0.2, 0) is 21.9 Å². The van der Waals surface area contributed by atoms with E-state index in [4.69, 9.17) is 14.6 Å². The summed E-state index contributed by atoms with van der Waals surface area (Å²) in [5.74, 6) is -1.30. The molecule has 5 nitrogen and oxygen atoms in total. The molecular weight excluding hydrogens is 248 g/mol. The van der Waals surface area contributed by atoms with Gasteiger partial charge in [0, 0.05) is 18.6 Å². The Labute approximate surface area is 111 Å². The standard InChI is InChI=1S/C14H18O5/c15-6-5-10-7-12(16)13(17)14(19-10)11-4-2-1-3-9(11)8-18-14/h1-4,10,12-13,15-17H,5-8H2/t10-,12-,13+,14-/m1/s1. The zero-order valence-corrected chi connectivity index (χ0v) is 10.5. The van der Waals surface area contributed by atoms with E-state index < -0.39 is 18.0 Å². The van der Waals surface area contributed by atoms with Crippen molar-refractivity contribution in [3.63, 3.8) is 0 Å². The third kappa shape index (κ3) is 1.98. The lowest BCUT2D eigenvalue weighted by Crippen LogP contribution is -2.55. The van der Waals surface area contributed by atoms with Crippen LogP contribution in [0.5, 0.6) is 0 Å². The summed E-state index contributed by atoms with van der Waals surface area (Å²) in [6.07, 6.45) is -1.65. The molecule has 0 aromatic heterocycles.